The van der Waals surface area contributed by atoms with Gasteiger partial charge < -0.3 is 10.1 Å². The van der Waals surface area contributed by atoms with Crippen LogP contribution in [-0.2, 0) is 0 Å². The molecule has 140 valence electrons. The molecule has 0 unspecified atom stereocenters. The molecule has 8 nitrogen and oxygen atoms in total. The fraction of sp³-hybridized carbons (Fsp3) is 0. The Balaban J connectivity index is 1.95. The summed E-state index contributed by atoms with van der Waals surface area (Å²) >= 11 is 18.0. The Hall–Kier alpha value is -3.12. The fourth-order valence-corrected chi connectivity index (χ4v) is 3.01. The Labute approximate surface area is 173 Å². The molecule has 28 heavy (non-hydrogen) atoms. The summed E-state index contributed by atoms with van der Waals surface area (Å²) < 4.78 is 5.49. The highest BCUT2D eigenvalue weighted by atomic mass is 35.5. The van der Waals surface area contributed by atoms with Gasteiger partial charge in [0, 0.05) is 10.7 Å². The third kappa shape index (κ3) is 4.40. The summed E-state index contributed by atoms with van der Waals surface area (Å²) in [5.41, 5.74) is 0.554. The average molecular weight is 437 g/mol. The molecular formula is C17H8Cl3N5O3. The minimum atomic E-state index is -0.641. The number of halogens is 3. The van der Waals surface area contributed by atoms with Gasteiger partial charge in [-0.25, -0.2) is 0 Å². The minimum Gasteiger partial charge on any atom is -0.421 e. The molecule has 0 spiro atoms. The third-order valence-electron chi connectivity index (χ3n) is 3.38. The highest BCUT2D eigenvalue weighted by molar-refractivity contribution is 6.40. The van der Waals surface area contributed by atoms with Crippen molar-refractivity contribution in [2.75, 3.05) is 5.32 Å². The number of nitro groups is 1. The molecular weight excluding hydrogens is 429 g/mol. The first-order valence-electron chi connectivity index (χ1n) is 7.48. The molecule has 0 radical (unpaired) electrons. The largest absolute Gasteiger partial charge is 0.421 e. The van der Waals surface area contributed by atoms with Crippen molar-refractivity contribution in [2.24, 2.45) is 0 Å². The zero-order valence-electron chi connectivity index (χ0n) is 13.7. The van der Waals surface area contributed by atoms with E-state index in [1.807, 2.05) is 6.07 Å². The summed E-state index contributed by atoms with van der Waals surface area (Å²) in [7, 11) is 0. The van der Waals surface area contributed by atoms with E-state index in [0.717, 1.165) is 6.20 Å². The number of ether oxygens (including phenoxy) is 1. The molecule has 1 heterocycles. The molecule has 11 heteroatoms. The van der Waals surface area contributed by atoms with E-state index in [2.05, 4.69) is 15.3 Å². The SMILES string of the molecule is N#Cc1ccc(Nc2nc(Oc3c(Cl)cc(Cl)cc3Cl)ncc2[N+](=O)[O-])cc1. The van der Waals surface area contributed by atoms with Gasteiger partial charge in [-0.1, -0.05) is 34.8 Å². The summed E-state index contributed by atoms with van der Waals surface area (Å²) in [5, 5.41) is 23.5. The number of benzene rings is 2. The zero-order chi connectivity index (χ0) is 20.3. The van der Waals surface area contributed by atoms with E-state index in [0.29, 0.717) is 16.3 Å². The average Bonchev–Trinajstić information content (AvgIpc) is 2.65. The molecule has 2 aromatic carbocycles. The van der Waals surface area contributed by atoms with E-state index in [4.69, 9.17) is 44.8 Å². The standard InChI is InChI=1S/C17H8Cl3N5O3/c18-10-5-12(19)15(13(20)6-10)28-17-22-8-14(25(26)27)16(24-17)23-11-3-1-9(7-21)2-4-11/h1-6,8H,(H,22,23,24). The lowest BCUT2D eigenvalue weighted by molar-refractivity contribution is -0.384. The van der Waals surface area contributed by atoms with Crippen molar-refractivity contribution >= 4 is 52.0 Å². The fourth-order valence-electron chi connectivity index (χ4n) is 2.12. The minimum absolute atomic E-state index is 0.0610. The van der Waals surface area contributed by atoms with Gasteiger partial charge in [0.2, 0.25) is 5.82 Å². The van der Waals surface area contributed by atoms with Crippen LogP contribution in [0.25, 0.3) is 0 Å². The van der Waals surface area contributed by atoms with Gasteiger partial charge in [0.25, 0.3) is 0 Å². The smallest absolute Gasteiger partial charge is 0.330 e. The number of rotatable bonds is 5. The molecule has 3 aromatic rings. The topological polar surface area (TPSA) is 114 Å². The highest BCUT2D eigenvalue weighted by Gasteiger charge is 2.20. The molecule has 0 fully saturated rings. The number of hydrogen-bond acceptors (Lipinski definition) is 7. The second kappa shape index (κ2) is 8.27. The first-order chi connectivity index (χ1) is 13.4. The lowest BCUT2D eigenvalue weighted by atomic mass is 10.2. The second-order valence-corrected chi connectivity index (χ2v) is 6.51. The van der Waals surface area contributed by atoms with Crippen LogP contribution in [0.3, 0.4) is 0 Å². The van der Waals surface area contributed by atoms with Crippen molar-refractivity contribution in [2.45, 2.75) is 0 Å². The zero-order valence-corrected chi connectivity index (χ0v) is 16.0. The maximum atomic E-state index is 11.3. The van der Waals surface area contributed by atoms with Crippen molar-refractivity contribution < 1.29 is 9.66 Å². The van der Waals surface area contributed by atoms with Gasteiger partial charge in [0.1, 0.15) is 6.20 Å². The molecule has 0 aliphatic heterocycles. The quantitative estimate of drug-likeness (QED) is 0.400. The van der Waals surface area contributed by atoms with E-state index in [1.54, 1.807) is 24.3 Å². The molecule has 0 amide bonds. The second-order valence-electron chi connectivity index (χ2n) is 5.26. The number of aromatic nitrogens is 2. The number of anilines is 2. The van der Waals surface area contributed by atoms with Crippen molar-refractivity contribution in [3.63, 3.8) is 0 Å². The maximum absolute atomic E-state index is 11.3. The predicted octanol–water partition coefficient (Wildman–Crippen LogP) is 5.75. The van der Waals surface area contributed by atoms with Crippen LogP contribution >= 0.6 is 34.8 Å². The monoisotopic (exact) mass is 435 g/mol. The van der Waals surface area contributed by atoms with E-state index in [1.165, 1.54) is 12.1 Å². The summed E-state index contributed by atoms with van der Waals surface area (Å²) in [4.78, 5) is 18.5. The van der Waals surface area contributed by atoms with Gasteiger partial charge in [-0.3, -0.25) is 10.1 Å². The lowest BCUT2D eigenvalue weighted by Gasteiger charge is -2.10. The Morgan fingerprint density at radius 1 is 1.14 bits per heavy atom. The van der Waals surface area contributed by atoms with Crippen LogP contribution in [0.2, 0.25) is 15.1 Å². The van der Waals surface area contributed by atoms with Gasteiger partial charge in [0.15, 0.2) is 5.75 Å². The molecule has 0 saturated carbocycles. The highest BCUT2D eigenvalue weighted by Crippen LogP contribution is 2.38. The number of nitrogens with zero attached hydrogens (tertiary/aromatic N) is 4. The van der Waals surface area contributed by atoms with E-state index < -0.39 is 4.92 Å². The molecule has 0 aliphatic carbocycles. The summed E-state index contributed by atoms with van der Waals surface area (Å²) in [6.45, 7) is 0. The Morgan fingerprint density at radius 3 is 2.36 bits per heavy atom. The molecule has 0 saturated heterocycles. The summed E-state index contributed by atoms with van der Waals surface area (Å²) in [6, 6.07) is 10.9. The predicted molar refractivity (Wildman–Crippen MR) is 105 cm³/mol. The van der Waals surface area contributed by atoms with E-state index >= 15 is 0 Å². The van der Waals surface area contributed by atoms with Crippen LogP contribution in [0.1, 0.15) is 5.56 Å². The van der Waals surface area contributed by atoms with Crippen molar-refractivity contribution in [1.82, 2.24) is 9.97 Å². The molecule has 1 N–H and O–H groups in total. The summed E-state index contributed by atoms with van der Waals surface area (Å²) in [5.74, 6) is -0.0492. The lowest BCUT2D eigenvalue weighted by Crippen LogP contribution is -2.03. The van der Waals surface area contributed by atoms with Gasteiger partial charge >= 0.3 is 11.7 Å². The Morgan fingerprint density at radius 2 is 1.79 bits per heavy atom. The van der Waals surface area contributed by atoms with Gasteiger partial charge in [-0.2, -0.15) is 15.2 Å². The Bertz CT molecular complexity index is 1080. The van der Waals surface area contributed by atoms with Crippen molar-refractivity contribution in [3.8, 4) is 17.8 Å². The van der Waals surface area contributed by atoms with Crippen molar-refractivity contribution in [3.05, 3.63) is 73.3 Å². The van der Waals surface area contributed by atoms with Gasteiger partial charge in [0.05, 0.1) is 26.6 Å². The molecule has 1 aromatic heterocycles. The van der Waals surface area contributed by atoms with Crippen LogP contribution < -0.4 is 10.1 Å². The summed E-state index contributed by atoms with van der Waals surface area (Å²) in [6.07, 6.45) is 0.992. The van der Waals surface area contributed by atoms with Crippen LogP contribution in [0.5, 0.6) is 11.8 Å². The maximum Gasteiger partial charge on any atom is 0.330 e. The van der Waals surface area contributed by atoms with Crippen LogP contribution in [-0.4, -0.2) is 14.9 Å². The van der Waals surface area contributed by atoms with Crippen LogP contribution in [0.4, 0.5) is 17.2 Å². The van der Waals surface area contributed by atoms with Gasteiger partial charge in [-0.15, -0.1) is 0 Å². The van der Waals surface area contributed by atoms with E-state index in [-0.39, 0.29) is 33.3 Å². The first-order valence-corrected chi connectivity index (χ1v) is 8.62. The molecule has 0 atom stereocenters. The molecule has 0 bridgehead atoms. The number of nitriles is 1. The molecule has 0 aliphatic rings. The van der Waals surface area contributed by atoms with Crippen molar-refractivity contribution in [1.29, 1.82) is 5.26 Å². The van der Waals surface area contributed by atoms with E-state index in [9.17, 15) is 10.1 Å². The normalized spacial score (nSPS) is 10.2. The van der Waals surface area contributed by atoms with Gasteiger partial charge in [-0.05, 0) is 36.4 Å². The number of nitrogens with one attached hydrogen (secondary N) is 1. The molecule has 3 rings (SSSR count). The Kier molecular flexibility index (Phi) is 5.80. The first kappa shape index (κ1) is 19.6. The van der Waals surface area contributed by atoms with Crippen LogP contribution in [0.15, 0.2) is 42.6 Å². The third-order valence-corrected chi connectivity index (χ3v) is 4.16. The number of hydrogen-bond donors (Lipinski definition) is 1. The van der Waals surface area contributed by atoms with Crippen LogP contribution in [0, 0.1) is 21.4 Å².